The van der Waals surface area contributed by atoms with Gasteiger partial charge in [0.05, 0.1) is 5.56 Å². The van der Waals surface area contributed by atoms with E-state index >= 15 is 0 Å². The van der Waals surface area contributed by atoms with Crippen LogP contribution in [0, 0.1) is 5.82 Å². The number of rotatable bonds is 16. The van der Waals surface area contributed by atoms with Crippen molar-refractivity contribution < 1.29 is 52.4 Å². The summed E-state index contributed by atoms with van der Waals surface area (Å²) in [6, 6.07) is 19.0. The van der Waals surface area contributed by atoms with Crippen LogP contribution in [0.5, 0.6) is 0 Å². The lowest BCUT2D eigenvalue weighted by atomic mass is 10.0. The van der Waals surface area contributed by atoms with Gasteiger partial charge in [0.15, 0.2) is 17.4 Å². The number of thioether (sulfide) groups is 1. The molecule has 1 aliphatic carbocycles. The monoisotopic (exact) mass is 816 g/mol. The number of aromatic nitrogens is 2. The highest BCUT2D eigenvalue weighted by atomic mass is 32.2. The molecule has 1 amide bonds. The van der Waals surface area contributed by atoms with E-state index in [4.69, 9.17) is 20.4 Å². The van der Waals surface area contributed by atoms with E-state index < -0.39 is 35.9 Å². The second kappa shape index (κ2) is 20.4. The molecule has 4 N–H and O–H groups in total. The molecule has 1 aliphatic rings. The van der Waals surface area contributed by atoms with Crippen molar-refractivity contribution in [2.24, 2.45) is 0 Å². The maximum atomic E-state index is 14.4. The molecule has 0 spiro atoms. The van der Waals surface area contributed by atoms with E-state index in [1.165, 1.54) is 30.0 Å². The summed E-state index contributed by atoms with van der Waals surface area (Å²) in [5, 5.41) is 32.9. The number of aliphatic carboxylic acids is 2. The topological polar surface area (TPSA) is 174 Å². The van der Waals surface area contributed by atoms with Crippen LogP contribution in [0.4, 0.5) is 17.6 Å². The molecule has 4 aromatic rings. The minimum atomic E-state index is -4.39. The lowest BCUT2D eigenvalue weighted by Gasteiger charge is -2.28. The Bertz CT molecular complexity index is 2040. The summed E-state index contributed by atoms with van der Waals surface area (Å²) in [4.78, 5) is 54.9. The summed E-state index contributed by atoms with van der Waals surface area (Å²) in [6.45, 7) is 7.32. The molecule has 12 nitrogen and oxygen atoms in total. The zero-order valence-electron chi connectivity index (χ0n) is 31.3. The number of halogens is 4. The van der Waals surface area contributed by atoms with Crippen LogP contribution in [0.1, 0.15) is 48.2 Å². The van der Waals surface area contributed by atoms with E-state index in [-0.39, 0.29) is 29.6 Å². The lowest BCUT2D eigenvalue weighted by Crippen LogP contribution is -2.40. The number of carbonyl (C=O) groups is 3. The van der Waals surface area contributed by atoms with Crippen LogP contribution in [0.15, 0.2) is 82.7 Å². The zero-order valence-corrected chi connectivity index (χ0v) is 32.1. The van der Waals surface area contributed by atoms with Gasteiger partial charge in [-0.3, -0.25) is 9.59 Å². The van der Waals surface area contributed by atoms with E-state index in [0.717, 1.165) is 48.5 Å². The Morgan fingerprint density at radius 3 is 1.98 bits per heavy atom. The van der Waals surface area contributed by atoms with Crippen molar-refractivity contribution in [1.82, 2.24) is 19.4 Å². The van der Waals surface area contributed by atoms with Gasteiger partial charge in [-0.2, -0.15) is 18.2 Å². The van der Waals surface area contributed by atoms with Gasteiger partial charge in [0.25, 0.3) is 5.56 Å². The van der Waals surface area contributed by atoms with E-state index in [2.05, 4.69) is 23.7 Å². The Kier molecular flexibility index (Phi) is 15.9. The Morgan fingerprint density at radius 1 is 0.860 bits per heavy atom. The summed E-state index contributed by atoms with van der Waals surface area (Å²) in [7, 11) is 0. The number of hydrogen-bond donors (Lipinski definition) is 4. The van der Waals surface area contributed by atoms with Crippen molar-refractivity contribution in [3.05, 3.63) is 117 Å². The smallest absolute Gasteiger partial charge is 0.416 e. The number of aliphatic hydroxyl groups excluding tert-OH is 2. The molecule has 1 heterocycles. The van der Waals surface area contributed by atoms with Crippen molar-refractivity contribution in [2.45, 2.75) is 75.5 Å². The first kappa shape index (κ1) is 44.6. The highest BCUT2D eigenvalue weighted by Gasteiger charge is 2.31. The highest BCUT2D eigenvalue weighted by molar-refractivity contribution is 7.98. The van der Waals surface area contributed by atoms with Crippen LogP contribution in [0.3, 0.4) is 0 Å². The zero-order chi connectivity index (χ0) is 41.9. The van der Waals surface area contributed by atoms with Crippen molar-refractivity contribution in [3.63, 3.8) is 0 Å². The molecule has 0 radical (unpaired) electrons. The van der Waals surface area contributed by atoms with Gasteiger partial charge in [0.2, 0.25) is 5.91 Å². The minimum Gasteiger partial charge on any atom is -0.479 e. The Hall–Kier alpha value is -5.10. The number of carboxylic acids is 2. The quantitative estimate of drug-likeness (QED) is 0.0674. The molecule has 0 fully saturated rings. The minimum absolute atomic E-state index is 0.00287. The van der Waals surface area contributed by atoms with Crippen LogP contribution in [0.2, 0.25) is 0 Å². The summed E-state index contributed by atoms with van der Waals surface area (Å²) >= 11 is 1.25. The van der Waals surface area contributed by atoms with Gasteiger partial charge in [-0.15, -0.1) is 0 Å². The standard InChI is InChI=1S/C36H38F4N4O2S.C4H6O6/c1-3-42(4-2)20-21-43(22-25-12-14-26(15-13-25)27-16-18-29(19-17-27)36(38,39)40)33(45)23-44-32-11-7-9-30(32)34(46)41-35(44)47-24-28-8-5-6-10-31(28)37;5-1(3(7)8)2(6)4(9)10/h5-6,8,10,12-19H,3-4,7,9,11,20-24H2,1-2H3;1-2,5-6H,(H,7,8)(H,9,10). The van der Waals surface area contributed by atoms with Crippen LogP contribution in [-0.4, -0.2) is 96.0 Å². The SMILES string of the molecule is CCN(CC)CCN(Cc1ccc(-c2ccc(C(F)(F)F)cc2)cc1)C(=O)Cn1c(SCc2ccccc2F)nc(=O)c2c1CCC2.O=C(O)C(O)C(O)C(=O)O. The fourth-order valence-electron chi connectivity index (χ4n) is 6.09. The maximum absolute atomic E-state index is 14.4. The largest absolute Gasteiger partial charge is 0.479 e. The van der Waals surface area contributed by atoms with Crippen molar-refractivity contribution >= 4 is 29.6 Å². The summed E-state index contributed by atoms with van der Waals surface area (Å²) in [6.07, 6.45) is -6.84. The normalized spacial score (nSPS) is 13.4. The van der Waals surface area contributed by atoms with Gasteiger partial charge in [-0.1, -0.05) is 80.2 Å². The van der Waals surface area contributed by atoms with Crippen LogP contribution >= 0.6 is 11.8 Å². The molecule has 0 saturated heterocycles. The van der Waals surface area contributed by atoms with Crippen LogP contribution in [0.25, 0.3) is 11.1 Å². The van der Waals surface area contributed by atoms with Gasteiger partial charge in [-0.25, -0.2) is 14.0 Å². The molecule has 0 saturated carbocycles. The number of amides is 1. The van der Waals surface area contributed by atoms with E-state index in [1.807, 2.05) is 28.8 Å². The first-order valence-electron chi connectivity index (χ1n) is 18.1. The molecule has 1 aromatic heterocycles. The highest BCUT2D eigenvalue weighted by Crippen LogP contribution is 2.31. The summed E-state index contributed by atoms with van der Waals surface area (Å²) in [5.41, 5.74) is 3.28. The molecule has 5 rings (SSSR count). The van der Waals surface area contributed by atoms with E-state index in [1.54, 1.807) is 23.1 Å². The molecule has 17 heteroatoms. The van der Waals surface area contributed by atoms with Gasteiger partial charge in [0.1, 0.15) is 12.4 Å². The number of hydrogen-bond acceptors (Lipinski definition) is 9. The first-order chi connectivity index (χ1) is 27.0. The molecule has 57 heavy (non-hydrogen) atoms. The number of fused-ring (bicyclic) bond motifs is 1. The third-order valence-corrected chi connectivity index (χ3v) is 10.4. The lowest BCUT2D eigenvalue weighted by molar-refractivity contribution is -0.165. The average Bonchev–Trinajstić information content (AvgIpc) is 3.69. The van der Waals surface area contributed by atoms with E-state index in [9.17, 15) is 36.7 Å². The molecular formula is C40H44F4N4O8S. The molecular weight excluding hydrogens is 773 g/mol. The third kappa shape index (κ3) is 12.2. The Labute approximate surface area is 330 Å². The van der Waals surface area contributed by atoms with Gasteiger partial charge < -0.3 is 34.8 Å². The molecule has 306 valence electrons. The molecule has 0 aliphatic heterocycles. The van der Waals surface area contributed by atoms with Crippen molar-refractivity contribution in [2.75, 3.05) is 26.2 Å². The number of alkyl halides is 3. The van der Waals surface area contributed by atoms with Gasteiger partial charge in [0, 0.05) is 36.6 Å². The predicted octanol–water partition coefficient (Wildman–Crippen LogP) is 5.10. The number of carboxylic acid groups (broad SMARTS) is 2. The molecule has 2 atom stereocenters. The van der Waals surface area contributed by atoms with E-state index in [0.29, 0.717) is 54.3 Å². The third-order valence-electron chi connectivity index (χ3n) is 9.42. The average molecular weight is 817 g/mol. The first-order valence-corrected chi connectivity index (χ1v) is 19.1. The number of nitrogens with zero attached hydrogens (tertiary/aromatic N) is 4. The fraction of sp³-hybridized carbons (Fsp3) is 0.375. The fourth-order valence-corrected chi connectivity index (χ4v) is 7.09. The van der Waals surface area contributed by atoms with Crippen LogP contribution in [-0.2, 0) is 52.2 Å². The van der Waals surface area contributed by atoms with Crippen LogP contribution < -0.4 is 5.56 Å². The second-order valence-electron chi connectivity index (χ2n) is 13.1. The second-order valence-corrected chi connectivity index (χ2v) is 14.1. The molecule has 3 aromatic carbocycles. The number of carbonyl (C=O) groups excluding carboxylic acids is 1. The van der Waals surface area contributed by atoms with Gasteiger partial charge in [-0.05, 0) is 72.8 Å². The predicted molar refractivity (Wildman–Crippen MR) is 204 cm³/mol. The Morgan fingerprint density at radius 2 is 1.44 bits per heavy atom. The molecule has 2 unspecified atom stereocenters. The Balaban J connectivity index is 0.000000635. The summed E-state index contributed by atoms with van der Waals surface area (Å²) < 4.78 is 55.3. The van der Waals surface area contributed by atoms with Crippen molar-refractivity contribution in [3.8, 4) is 11.1 Å². The summed E-state index contributed by atoms with van der Waals surface area (Å²) in [5.74, 6) is -3.73. The van der Waals surface area contributed by atoms with Gasteiger partial charge >= 0.3 is 18.1 Å². The molecule has 0 bridgehead atoms. The number of benzene rings is 3. The number of aliphatic hydroxyl groups is 2. The number of likely N-dealkylation sites (N-methyl/N-ethyl adjacent to an activating group) is 1. The van der Waals surface area contributed by atoms with Crippen molar-refractivity contribution in [1.29, 1.82) is 0 Å². The maximum Gasteiger partial charge on any atom is 0.416 e.